The Kier molecular flexibility index (Phi) is 4.10. The van der Waals surface area contributed by atoms with E-state index in [1.165, 1.54) is 18.2 Å². The topological polar surface area (TPSA) is 52.3 Å². The van der Waals surface area contributed by atoms with Crippen molar-refractivity contribution in [2.24, 2.45) is 5.41 Å². The van der Waals surface area contributed by atoms with Gasteiger partial charge in [0.1, 0.15) is 5.82 Å². The van der Waals surface area contributed by atoms with E-state index in [4.69, 9.17) is 10.5 Å². The van der Waals surface area contributed by atoms with E-state index in [9.17, 15) is 9.18 Å². The Hall–Kier alpha value is -1.58. The molecule has 1 rings (SSSR count). The number of carbonyl (C=O) groups is 1. The summed E-state index contributed by atoms with van der Waals surface area (Å²) in [6.07, 6.45) is 0.744. The van der Waals surface area contributed by atoms with Crippen LogP contribution in [0.15, 0.2) is 18.2 Å². The van der Waals surface area contributed by atoms with Gasteiger partial charge in [-0.25, -0.2) is 9.18 Å². The van der Waals surface area contributed by atoms with Crippen LogP contribution in [-0.2, 0) is 4.74 Å². The largest absolute Gasteiger partial charge is 0.462 e. The summed E-state index contributed by atoms with van der Waals surface area (Å²) in [6, 6.07) is 4.10. The monoisotopic (exact) mass is 239 g/mol. The van der Waals surface area contributed by atoms with Crippen LogP contribution in [0.1, 0.15) is 37.6 Å². The Morgan fingerprint density at radius 3 is 2.65 bits per heavy atom. The molecule has 1 aromatic rings. The maximum Gasteiger partial charge on any atom is 0.340 e. The molecule has 1 aromatic carbocycles. The summed E-state index contributed by atoms with van der Waals surface area (Å²) in [4.78, 5) is 11.6. The van der Waals surface area contributed by atoms with Crippen molar-refractivity contribution < 1.29 is 13.9 Å². The summed E-state index contributed by atoms with van der Waals surface area (Å²) < 4.78 is 18.2. The molecule has 3 nitrogen and oxygen atoms in total. The summed E-state index contributed by atoms with van der Waals surface area (Å²) in [5.41, 5.74) is 5.48. The second kappa shape index (κ2) is 5.17. The summed E-state index contributed by atoms with van der Waals surface area (Å²) >= 11 is 0. The number of para-hydroxylation sites is 1. The third-order valence-electron chi connectivity index (χ3n) is 2.36. The van der Waals surface area contributed by atoms with Crippen molar-refractivity contribution >= 4 is 11.7 Å². The quantitative estimate of drug-likeness (QED) is 0.651. The van der Waals surface area contributed by atoms with Crippen LogP contribution in [0, 0.1) is 11.2 Å². The van der Waals surface area contributed by atoms with Gasteiger partial charge in [0.25, 0.3) is 0 Å². The number of esters is 1. The van der Waals surface area contributed by atoms with Crippen LogP contribution in [0.4, 0.5) is 10.1 Å². The highest BCUT2D eigenvalue weighted by atomic mass is 19.1. The van der Waals surface area contributed by atoms with Crippen LogP contribution < -0.4 is 5.73 Å². The van der Waals surface area contributed by atoms with E-state index in [-0.39, 0.29) is 16.7 Å². The van der Waals surface area contributed by atoms with Gasteiger partial charge in [0.05, 0.1) is 17.9 Å². The highest BCUT2D eigenvalue weighted by molar-refractivity contribution is 5.95. The van der Waals surface area contributed by atoms with Crippen LogP contribution in [-0.4, -0.2) is 12.6 Å². The van der Waals surface area contributed by atoms with Gasteiger partial charge in [-0.2, -0.15) is 0 Å². The third kappa shape index (κ3) is 4.06. The minimum absolute atomic E-state index is 0.0823. The van der Waals surface area contributed by atoms with Crippen molar-refractivity contribution in [1.82, 2.24) is 0 Å². The molecule has 0 saturated carbocycles. The first-order chi connectivity index (χ1) is 7.81. The number of benzene rings is 1. The maximum absolute atomic E-state index is 13.1. The molecule has 0 radical (unpaired) electrons. The second-order valence-electron chi connectivity index (χ2n) is 5.15. The van der Waals surface area contributed by atoms with Gasteiger partial charge in [-0.05, 0) is 24.0 Å². The van der Waals surface area contributed by atoms with Crippen molar-refractivity contribution in [2.45, 2.75) is 27.2 Å². The molecular weight excluding hydrogens is 221 g/mol. The van der Waals surface area contributed by atoms with Gasteiger partial charge in [0.2, 0.25) is 0 Å². The van der Waals surface area contributed by atoms with Crippen molar-refractivity contribution in [3.63, 3.8) is 0 Å². The van der Waals surface area contributed by atoms with Gasteiger partial charge in [0, 0.05) is 0 Å². The van der Waals surface area contributed by atoms with Crippen molar-refractivity contribution in [3.8, 4) is 0 Å². The fourth-order valence-corrected chi connectivity index (χ4v) is 1.24. The molecule has 2 N–H and O–H groups in total. The molecule has 94 valence electrons. The highest BCUT2D eigenvalue weighted by Crippen LogP contribution is 2.20. The third-order valence-corrected chi connectivity index (χ3v) is 2.36. The van der Waals surface area contributed by atoms with E-state index in [1.807, 2.05) is 0 Å². The fraction of sp³-hybridized carbons (Fsp3) is 0.462. The Morgan fingerprint density at radius 1 is 1.41 bits per heavy atom. The highest BCUT2D eigenvalue weighted by Gasteiger charge is 2.16. The smallest absolute Gasteiger partial charge is 0.340 e. The van der Waals surface area contributed by atoms with Crippen LogP contribution in [0.3, 0.4) is 0 Å². The molecule has 17 heavy (non-hydrogen) atoms. The molecule has 0 unspecified atom stereocenters. The molecule has 0 bridgehead atoms. The first-order valence-corrected chi connectivity index (χ1v) is 5.52. The van der Waals surface area contributed by atoms with E-state index in [2.05, 4.69) is 20.8 Å². The molecular formula is C13H18FNO2. The summed E-state index contributed by atoms with van der Waals surface area (Å²) in [5, 5.41) is 0. The molecule has 0 atom stereocenters. The minimum Gasteiger partial charge on any atom is -0.462 e. The van der Waals surface area contributed by atoms with Gasteiger partial charge in [-0.15, -0.1) is 0 Å². The number of hydrogen-bond donors (Lipinski definition) is 1. The lowest BCUT2D eigenvalue weighted by atomic mass is 9.93. The molecule has 0 fully saturated rings. The predicted molar refractivity (Wildman–Crippen MR) is 65.2 cm³/mol. The summed E-state index contributed by atoms with van der Waals surface area (Å²) in [7, 11) is 0. The minimum atomic E-state index is -0.602. The van der Waals surface area contributed by atoms with Crippen LogP contribution in [0.5, 0.6) is 0 Å². The lowest BCUT2D eigenvalue weighted by molar-refractivity contribution is 0.0465. The molecule has 0 aliphatic heterocycles. The van der Waals surface area contributed by atoms with Crippen molar-refractivity contribution in [2.75, 3.05) is 12.3 Å². The molecule has 0 amide bonds. The average Bonchev–Trinajstić information content (AvgIpc) is 2.20. The Morgan fingerprint density at radius 2 is 2.06 bits per heavy atom. The lowest BCUT2D eigenvalue weighted by Crippen LogP contribution is -2.14. The molecule has 4 heteroatoms. The number of nitrogens with two attached hydrogens (primary N) is 1. The predicted octanol–water partition coefficient (Wildman–Crippen LogP) is 3.00. The SMILES string of the molecule is CC(C)(C)CCOC(=O)c1cccc(F)c1N. The number of carbonyl (C=O) groups excluding carboxylic acids is 1. The maximum atomic E-state index is 13.1. The lowest BCUT2D eigenvalue weighted by Gasteiger charge is -2.17. The van der Waals surface area contributed by atoms with E-state index in [0.29, 0.717) is 6.61 Å². The molecule has 0 saturated heterocycles. The van der Waals surface area contributed by atoms with Gasteiger partial charge < -0.3 is 10.5 Å². The average molecular weight is 239 g/mol. The number of nitrogen functional groups attached to an aromatic ring is 1. The van der Waals surface area contributed by atoms with E-state index in [0.717, 1.165) is 6.42 Å². The zero-order valence-electron chi connectivity index (χ0n) is 10.4. The van der Waals surface area contributed by atoms with Crippen molar-refractivity contribution in [3.05, 3.63) is 29.6 Å². The summed E-state index contributed by atoms with van der Waals surface area (Å²) in [5.74, 6) is -1.18. The molecule has 0 heterocycles. The van der Waals surface area contributed by atoms with Crippen LogP contribution in [0.25, 0.3) is 0 Å². The number of halogens is 1. The Balaban J connectivity index is 2.62. The standard InChI is InChI=1S/C13H18FNO2/c1-13(2,3)7-8-17-12(16)9-5-4-6-10(14)11(9)15/h4-6H,7-8,15H2,1-3H3. The zero-order valence-corrected chi connectivity index (χ0v) is 10.4. The first-order valence-electron chi connectivity index (χ1n) is 5.52. The van der Waals surface area contributed by atoms with Crippen LogP contribution in [0.2, 0.25) is 0 Å². The van der Waals surface area contributed by atoms with E-state index in [1.54, 1.807) is 0 Å². The Labute approximate surface area is 101 Å². The van der Waals surface area contributed by atoms with Crippen LogP contribution >= 0.6 is 0 Å². The number of ether oxygens (including phenoxy) is 1. The molecule has 0 spiro atoms. The van der Waals surface area contributed by atoms with Gasteiger partial charge in [-0.1, -0.05) is 26.8 Å². The number of hydrogen-bond acceptors (Lipinski definition) is 3. The summed E-state index contributed by atoms with van der Waals surface area (Å²) in [6.45, 7) is 6.46. The zero-order chi connectivity index (χ0) is 13.1. The number of rotatable bonds is 3. The van der Waals surface area contributed by atoms with Crippen molar-refractivity contribution in [1.29, 1.82) is 0 Å². The van der Waals surface area contributed by atoms with E-state index < -0.39 is 11.8 Å². The van der Waals surface area contributed by atoms with Gasteiger partial charge in [0.15, 0.2) is 0 Å². The first kappa shape index (κ1) is 13.5. The van der Waals surface area contributed by atoms with Gasteiger partial charge in [-0.3, -0.25) is 0 Å². The normalized spacial score (nSPS) is 11.3. The molecule has 0 aliphatic carbocycles. The number of anilines is 1. The molecule has 0 aromatic heterocycles. The Bertz CT molecular complexity index is 410. The van der Waals surface area contributed by atoms with Gasteiger partial charge >= 0.3 is 5.97 Å². The second-order valence-corrected chi connectivity index (χ2v) is 5.15. The molecule has 0 aliphatic rings. The van der Waals surface area contributed by atoms with E-state index >= 15 is 0 Å². The fourth-order valence-electron chi connectivity index (χ4n) is 1.24.